The van der Waals surface area contributed by atoms with E-state index in [2.05, 4.69) is 17.6 Å². The predicted molar refractivity (Wildman–Crippen MR) is 82.0 cm³/mol. The molecule has 5 nitrogen and oxygen atoms in total. The summed E-state index contributed by atoms with van der Waals surface area (Å²) in [7, 11) is 0. The molecule has 1 aliphatic rings. The van der Waals surface area contributed by atoms with Gasteiger partial charge in [-0.05, 0) is 37.6 Å². The van der Waals surface area contributed by atoms with Gasteiger partial charge in [0, 0.05) is 44.2 Å². The number of hydrogen-bond acceptors (Lipinski definition) is 3. The topological polar surface area (TPSA) is 61.4 Å². The van der Waals surface area contributed by atoms with Crippen molar-refractivity contribution in [3.63, 3.8) is 0 Å². The van der Waals surface area contributed by atoms with Crippen LogP contribution in [0.15, 0.2) is 24.3 Å². The van der Waals surface area contributed by atoms with Gasteiger partial charge in [0.1, 0.15) is 5.82 Å². The molecule has 2 rings (SSSR count). The van der Waals surface area contributed by atoms with Gasteiger partial charge < -0.3 is 15.5 Å². The van der Waals surface area contributed by atoms with Crippen molar-refractivity contribution in [2.24, 2.45) is 0 Å². The van der Waals surface area contributed by atoms with E-state index in [1.807, 2.05) is 4.90 Å². The number of nitrogens with one attached hydrogen (secondary N) is 2. The maximum atomic E-state index is 12.8. The Kier molecular flexibility index (Phi) is 5.89. The average molecular weight is 307 g/mol. The lowest BCUT2D eigenvalue weighted by molar-refractivity contribution is -0.132. The average Bonchev–Trinajstić information content (AvgIpc) is 2.51. The Bertz CT molecular complexity index is 519. The summed E-state index contributed by atoms with van der Waals surface area (Å²) in [6, 6.07) is 5.72. The molecule has 1 unspecified atom stereocenters. The molecular formula is C16H22FN3O2. The zero-order valence-corrected chi connectivity index (χ0v) is 12.8. The van der Waals surface area contributed by atoms with E-state index in [0.29, 0.717) is 31.0 Å². The van der Waals surface area contributed by atoms with Crippen molar-refractivity contribution in [2.45, 2.75) is 25.8 Å². The number of amides is 2. The quantitative estimate of drug-likeness (QED) is 0.803. The Labute approximate surface area is 129 Å². The monoisotopic (exact) mass is 307 g/mol. The molecular weight excluding hydrogens is 285 g/mol. The van der Waals surface area contributed by atoms with Crippen molar-refractivity contribution in [3.8, 4) is 0 Å². The first-order chi connectivity index (χ1) is 10.6. The number of halogens is 1. The van der Waals surface area contributed by atoms with Crippen LogP contribution in [0.3, 0.4) is 0 Å². The van der Waals surface area contributed by atoms with Crippen molar-refractivity contribution in [3.05, 3.63) is 35.6 Å². The molecule has 1 aromatic carbocycles. The molecule has 0 aromatic heterocycles. The standard InChI is InChI=1S/C16H22FN3O2/c1-12-11-20(10-9-18-12)15(21)3-2-8-19-16(22)13-4-6-14(17)7-5-13/h4-7,12,18H,2-3,8-11H2,1H3,(H,19,22). The van der Waals surface area contributed by atoms with Gasteiger partial charge in [-0.25, -0.2) is 4.39 Å². The summed E-state index contributed by atoms with van der Waals surface area (Å²) in [6.45, 7) is 4.80. The molecule has 0 bridgehead atoms. The third-order valence-electron chi connectivity index (χ3n) is 3.68. The van der Waals surface area contributed by atoms with Crippen LogP contribution < -0.4 is 10.6 Å². The zero-order chi connectivity index (χ0) is 15.9. The lowest BCUT2D eigenvalue weighted by Crippen LogP contribution is -2.51. The highest BCUT2D eigenvalue weighted by Gasteiger charge is 2.19. The predicted octanol–water partition coefficient (Wildman–Crippen LogP) is 1.16. The lowest BCUT2D eigenvalue weighted by Gasteiger charge is -2.32. The van der Waals surface area contributed by atoms with E-state index in [0.717, 1.165) is 19.6 Å². The molecule has 1 heterocycles. The van der Waals surface area contributed by atoms with Gasteiger partial charge in [-0.3, -0.25) is 9.59 Å². The first-order valence-corrected chi connectivity index (χ1v) is 7.61. The summed E-state index contributed by atoms with van der Waals surface area (Å²) >= 11 is 0. The molecule has 1 aliphatic heterocycles. The first-order valence-electron chi connectivity index (χ1n) is 7.61. The van der Waals surface area contributed by atoms with Crippen molar-refractivity contribution in [2.75, 3.05) is 26.2 Å². The van der Waals surface area contributed by atoms with Crippen LogP contribution in [0.2, 0.25) is 0 Å². The fraction of sp³-hybridized carbons (Fsp3) is 0.500. The summed E-state index contributed by atoms with van der Waals surface area (Å²) in [6.07, 6.45) is 1.03. The zero-order valence-electron chi connectivity index (χ0n) is 12.8. The van der Waals surface area contributed by atoms with Gasteiger partial charge in [0.2, 0.25) is 5.91 Å². The summed E-state index contributed by atoms with van der Waals surface area (Å²) in [5, 5.41) is 6.03. The lowest BCUT2D eigenvalue weighted by atomic mass is 10.2. The smallest absolute Gasteiger partial charge is 0.251 e. The van der Waals surface area contributed by atoms with E-state index in [1.54, 1.807) is 0 Å². The van der Waals surface area contributed by atoms with Crippen LogP contribution in [0.1, 0.15) is 30.1 Å². The molecule has 1 fully saturated rings. The van der Waals surface area contributed by atoms with E-state index >= 15 is 0 Å². The van der Waals surface area contributed by atoms with Gasteiger partial charge in [0.25, 0.3) is 5.91 Å². The van der Waals surface area contributed by atoms with Gasteiger partial charge in [-0.15, -0.1) is 0 Å². The van der Waals surface area contributed by atoms with Crippen LogP contribution in [-0.4, -0.2) is 48.9 Å². The second-order valence-corrected chi connectivity index (χ2v) is 5.56. The highest BCUT2D eigenvalue weighted by molar-refractivity contribution is 5.94. The van der Waals surface area contributed by atoms with Crippen LogP contribution in [-0.2, 0) is 4.79 Å². The van der Waals surface area contributed by atoms with E-state index in [4.69, 9.17) is 0 Å². The number of piperazine rings is 1. The summed E-state index contributed by atoms with van der Waals surface area (Å²) in [4.78, 5) is 25.7. The molecule has 2 N–H and O–H groups in total. The molecule has 0 saturated carbocycles. The van der Waals surface area contributed by atoms with Gasteiger partial charge in [0.15, 0.2) is 0 Å². The number of rotatable bonds is 5. The Morgan fingerprint density at radius 1 is 1.36 bits per heavy atom. The largest absolute Gasteiger partial charge is 0.352 e. The normalized spacial score (nSPS) is 18.1. The molecule has 120 valence electrons. The van der Waals surface area contributed by atoms with Crippen LogP contribution >= 0.6 is 0 Å². The highest BCUT2D eigenvalue weighted by Crippen LogP contribution is 2.04. The minimum Gasteiger partial charge on any atom is -0.352 e. The number of nitrogens with zero attached hydrogens (tertiary/aromatic N) is 1. The Balaban J connectivity index is 1.67. The Hall–Kier alpha value is -1.95. The molecule has 0 radical (unpaired) electrons. The van der Waals surface area contributed by atoms with Crippen molar-refractivity contribution in [1.29, 1.82) is 0 Å². The van der Waals surface area contributed by atoms with Crippen LogP contribution in [0.5, 0.6) is 0 Å². The van der Waals surface area contributed by atoms with E-state index in [-0.39, 0.29) is 17.6 Å². The second kappa shape index (κ2) is 7.89. The first kappa shape index (κ1) is 16.4. The maximum Gasteiger partial charge on any atom is 0.251 e. The number of benzene rings is 1. The van der Waals surface area contributed by atoms with Crippen molar-refractivity contribution in [1.82, 2.24) is 15.5 Å². The molecule has 0 aliphatic carbocycles. The Morgan fingerprint density at radius 3 is 2.77 bits per heavy atom. The fourth-order valence-electron chi connectivity index (χ4n) is 2.46. The molecule has 2 amide bonds. The second-order valence-electron chi connectivity index (χ2n) is 5.56. The number of carbonyl (C=O) groups is 2. The molecule has 6 heteroatoms. The highest BCUT2D eigenvalue weighted by atomic mass is 19.1. The van der Waals surface area contributed by atoms with E-state index < -0.39 is 0 Å². The molecule has 1 aromatic rings. The fourth-order valence-corrected chi connectivity index (χ4v) is 2.46. The van der Waals surface area contributed by atoms with E-state index in [1.165, 1.54) is 24.3 Å². The molecule has 22 heavy (non-hydrogen) atoms. The third kappa shape index (κ3) is 4.80. The minimum absolute atomic E-state index is 0.129. The number of hydrogen-bond donors (Lipinski definition) is 2. The van der Waals surface area contributed by atoms with Gasteiger partial charge in [-0.1, -0.05) is 0 Å². The number of carbonyl (C=O) groups excluding carboxylic acids is 2. The van der Waals surface area contributed by atoms with E-state index in [9.17, 15) is 14.0 Å². The van der Waals surface area contributed by atoms with Crippen LogP contribution in [0.4, 0.5) is 4.39 Å². The molecule has 1 atom stereocenters. The SMILES string of the molecule is CC1CN(C(=O)CCCNC(=O)c2ccc(F)cc2)CCN1. The maximum absolute atomic E-state index is 12.8. The van der Waals surface area contributed by atoms with Gasteiger partial charge in [-0.2, -0.15) is 0 Å². The van der Waals surface area contributed by atoms with Gasteiger partial charge >= 0.3 is 0 Å². The van der Waals surface area contributed by atoms with Crippen LogP contribution in [0.25, 0.3) is 0 Å². The summed E-state index contributed by atoms with van der Waals surface area (Å²) in [5.41, 5.74) is 0.420. The van der Waals surface area contributed by atoms with Crippen molar-refractivity contribution < 1.29 is 14.0 Å². The van der Waals surface area contributed by atoms with Gasteiger partial charge in [0.05, 0.1) is 0 Å². The minimum atomic E-state index is -0.368. The summed E-state index contributed by atoms with van der Waals surface area (Å²) < 4.78 is 12.8. The Morgan fingerprint density at radius 2 is 2.09 bits per heavy atom. The van der Waals surface area contributed by atoms with Crippen LogP contribution in [0, 0.1) is 5.82 Å². The third-order valence-corrected chi connectivity index (χ3v) is 3.68. The van der Waals surface area contributed by atoms with Crippen molar-refractivity contribution >= 4 is 11.8 Å². The molecule has 1 saturated heterocycles. The summed E-state index contributed by atoms with van der Waals surface area (Å²) in [5.74, 6) is -0.486. The molecule has 0 spiro atoms.